The maximum atomic E-state index is 5.54. The first-order valence-corrected chi connectivity index (χ1v) is 5.96. The van der Waals surface area contributed by atoms with Crippen LogP contribution in [0.25, 0.3) is 11.3 Å². The number of nitrogen functional groups attached to an aromatic ring is 1. The van der Waals surface area contributed by atoms with Crippen molar-refractivity contribution in [1.82, 2.24) is 5.16 Å². The summed E-state index contributed by atoms with van der Waals surface area (Å²) in [4.78, 5) is 1.07. The molecule has 5 nitrogen and oxygen atoms in total. The zero-order valence-electron chi connectivity index (χ0n) is 9.10. The Morgan fingerprint density at radius 3 is 3.00 bits per heavy atom. The Morgan fingerprint density at radius 2 is 2.29 bits per heavy atom. The van der Waals surface area contributed by atoms with Crippen LogP contribution in [-0.4, -0.2) is 18.2 Å². The zero-order chi connectivity index (χ0) is 11.8. The Labute approximate surface area is 102 Å². The molecule has 0 unspecified atom stereocenters. The lowest BCUT2D eigenvalue weighted by Crippen LogP contribution is -1.89. The summed E-state index contributed by atoms with van der Waals surface area (Å²) >= 11 is 1.63. The van der Waals surface area contributed by atoms with Crippen molar-refractivity contribution in [2.45, 2.75) is 4.90 Å². The van der Waals surface area contributed by atoms with Gasteiger partial charge in [-0.1, -0.05) is 16.9 Å². The van der Waals surface area contributed by atoms with Gasteiger partial charge >= 0.3 is 0 Å². The summed E-state index contributed by atoms with van der Waals surface area (Å²) in [6, 6.07) is 5.47. The highest BCUT2D eigenvalue weighted by Gasteiger charge is 2.20. The van der Waals surface area contributed by atoms with Crippen LogP contribution >= 0.6 is 11.8 Å². The second-order valence-electron chi connectivity index (χ2n) is 3.52. The van der Waals surface area contributed by atoms with E-state index in [1.165, 1.54) is 0 Å². The fourth-order valence-electron chi connectivity index (χ4n) is 1.70. The van der Waals surface area contributed by atoms with Crippen LogP contribution in [0.2, 0.25) is 0 Å². The number of thioether (sulfide) groups is 1. The Kier molecular flexibility index (Phi) is 2.36. The minimum atomic E-state index is 0.345. The van der Waals surface area contributed by atoms with E-state index in [1.807, 2.05) is 12.1 Å². The standard InChI is InChI=1S/C11H10N2O3S/c1-14-7-3-10-9(15-5-17-10)2-6(7)8-4-11(12)13-16-8/h2-4H,5H2,1H3,(H2,12,13). The van der Waals surface area contributed by atoms with Crippen LogP contribution < -0.4 is 15.2 Å². The van der Waals surface area contributed by atoms with E-state index in [2.05, 4.69) is 5.16 Å². The van der Waals surface area contributed by atoms with Gasteiger partial charge in [0.15, 0.2) is 11.6 Å². The molecule has 0 radical (unpaired) electrons. The van der Waals surface area contributed by atoms with E-state index < -0.39 is 0 Å². The second-order valence-corrected chi connectivity index (χ2v) is 4.49. The predicted octanol–water partition coefficient (Wildman–Crippen LogP) is 2.37. The minimum Gasteiger partial charge on any atom is -0.496 e. The monoisotopic (exact) mass is 250 g/mol. The molecule has 2 heterocycles. The number of nitrogens with zero attached hydrogens (tertiary/aromatic N) is 1. The molecule has 17 heavy (non-hydrogen) atoms. The first kappa shape index (κ1) is 10.3. The molecule has 0 aliphatic carbocycles. The largest absolute Gasteiger partial charge is 0.496 e. The molecule has 0 amide bonds. The first-order valence-electron chi connectivity index (χ1n) is 4.98. The normalized spacial score (nSPS) is 13.2. The number of methoxy groups -OCH3 is 1. The van der Waals surface area contributed by atoms with Gasteiger partial charge in [-0.05, 0) is 12.1 Å². The average molecular weight is 250 g/mol. The van der Waals surface area contributed by atoms with E-state index in [9.17, 15) is 0 Å². The number of ether oxygens (including phenoxy) is 2. The molecule has 0 bridgehead atoms. The van der Waals surface area contributed by atoms with E-state index in [0.717, 1.165) is 22.0 Å². The molecule has 0 saturated carbocycles. The smallest absolute Gasteiger partial charge is 0.172 e. The molecule has 0 atom stereocenters. The van der Waals surface area contributed by atoms with Crippen molar-refractivity contribution < 1.29 is 14.0 Å². The lowest BCUT2D eigenvalue weighted by Gasteiger charge is -2.07. The van der Waals surface area contributed by atoms with E-state index in [-0.39, 0.29) is 0 Å². The highest BCUT2D eigenvalue weighted by molar-refractivity contribution is 7.99. The van der Waals surface area contributed by atoms with Crippen molar-refractivity contribution in [3.63, 3.8) is 0 Å². The van der Waals surface area contributed by atoms with Gasteiger partial charge in [0.25, 0.3) is 0 Å². The van der Waals surface area contributed by atoms with Crippen LogP contribution in [0.4, 0.5) is 5.82 Å². The summed E-state index contributed by atoms with van der Waals surface area (Å²) in [6.07, 6.45) is 0. The van der Waals surface area contributed by atoms with Gasteiger partial charge in [0.2, 0.25) is 0 Å². The fourth-order valence-corrected chi connectivity index (χ4v) is 2.46. The van der Waals surface area contributed by atoms with Gasteiger partial charge in [-0.3, -0.25) is 0 Å². The van der Waals surface area contributed by atoms with Gasteiger partial charge in [0.1, 0.15) is 17.4 Å². The number of hydrogen-bond acceptors (Lipinski definition) is 6. The summed E-state index contributed by atoms with van der Waals surface area (Å²) in [7, 11) is 1.62. The van der Waals surface area contributed by atoms with Gasteiger partial charge < -0.3 is 19.7 Å². The highest BCUT2D eigenvalue weighted by atomic mass is 32.2. The van der Waals surface area contributed by atoms with Gasteiger partial charge in [0.05, 0.1) is 17.6 Å². The van der Waals surface area contributed by atoms with E-state index in [1.54, 1.807) is 24.9 Å². The van der Waals surface area contributed by atoms with Crippen molar-refractivity contribution in [3.05, 3.63) is 18.2 Å². The number of aromatic nitrogens is 1. The molecule has 1 aliphatic rings. The van der Waals surface area contributed by atoms with Crippen LogP contribution in [0.3, 0.4) is 0 Å². The number of nitrogens with two attached hydrogens (primary N) is 1. The van der Waals surface area contributed by atoms with Gasteiger partial charge in [-0.2, -0.15) is 0 Å². The molecular formula is C11H10N2O3S. The SMILES string of the molecule is COc1cc2c(cc1-c1cc(N)no1)OCS2. The molecule has 1 aromatic carbocycles. The Balaban J connectivity index is 2.15. The van der Waals surface area contributed by atoms with Crippen LogP contribution in [-0.2, 0) is 0 Å². The van der Waals surface area contributed by atoms with Crippen molar-refractivity contribution in [3.8, 4) is 22.8 Å². The summed E-state index contributed by atoms with van der Waals surface area (Å²) in [5, 5.41) is 3.66. The number of fused-ring (bicyclic) bond motifs is 1. The maximum absolute atomic E-state index is 5.54. The molecule has 2 N–H and O–H groups in total. The Hall–Kier alpha value is -1.82. The number of hydrogen-bond donors (Lipinski definition) is 1. The van der Waals surface area contributed by atoms with E-state index in [0.29, 0.717) is 17.5 Å². The summed E-state index contributed by atoms with van der Waals surface area (Å²) < 4.78 is 16.0. The van der Waals surface area contributed by atoms with Crippen LogP contribution in [0.15, 0.2) is 27.6 Å². The lowest BCUT2D eigenvalue weighted by atomic mass is 10.1. The Morgan fingerprint density at radius 1 is 1.41 bits per heavy atom. The van der Waals surface area contributed by atoms with E-state index in [4.69, 9.17) is 19.7 Å². The van der Waals surface area contributed by atoms with Crippen molar-refractivity contribution in [1.29, 1.82) is 0 Å². The molecule has 2 aromatic rings. The summed E-state index contributed by atoms with van der Waals surface area (Å²) in [5.41, 5.74) is 6.33. The lowest BCUT2D eigenvalue weighted by molar-refractivity contribution is 0.388. The maximum Gasteiger partial charge on any atom is 0.172 e. The third-order valence-electron chi connectivity index (χ3n) is 2.49. The molecule has 88 valence electrons. The first-order chi connectivity index (χ1) is 8.28. The van der Waals surface area contributed by atoms with E-state index >= 15 is 0 Å². The molecule has 0 saturated heterocycles. The van der Waals surface area contributed by atoms with Crippen LogP contribution in [0.1, 0.15) is 0 Å². The van der Waals surface area contributed by atoms with Crippen molar-refractivity contribution >= 4 is 17.6 Å². The second kappa shape index (κ2) is 3.89. The number of rotatable bonds is 2. The molecule has 1 aliphatic heterocycles. The highest BCUT2D eigenvalue weighted by Crippen LogP contribution is 2.44. The number of benzene rings is 1. The average Bonchev–Trinajstić information content (AvgIpc) is 2.94. The third-order valence-corrected chi connectivity index (χ3v) is 3.35. The third kappa shape index (κ3) is 1.70. The minimum absolute atomic E-state index is 0.345. The predicted molar refractivity (Wildman–Crippen MR) is 64.3 cm³/mol. The van der Waals surface area contributed by atoms with Gasteiger partial charge in [0, 0.05) is 6.07 Å². The molecular weight excluding hydrogens is 240 g/mol. The quantitative estimate of drug-likeness (QED) is 0.882. The van der Waals surface area contributed by atoms with Crippen molar-refractivity contribution in [2.24, 2.45) is 0 Å². The Bertz CT molecular complexity index is 568. The van der Waals surface area contributed by atoms with Crippen LogP contribution in [0, 0.1) is 0 Å². The number of anilines is 1. The fraction of sp³-hybridized carbons (Fsp3) is 0.182. The van der Waals surface area contributed by atoms with Crippen LogP contribution in [0.5, 0.6) is 11.5 Å². The molecule has 1 aromatic heterocycles. The molecule has 0 fully saturated rings. The van der Waals surface area contributed by atoms with Gasteiger partial charge in [-0.25, -0.2) is 0 Å². The van der Waals surface area contributed by atoms with Gasteiger partial charge in [-0.15, -0.1) is 0 Å². The molecule has 3 rings (SSSR count). The molecule has 0 spiro atoms. The zero-order valence-corrected chi connectivity index (χ0v) is 9.91. The summed E-state index contributed by atoms with van der Waals surface area (Å²) in [5.74, 6) is 3.10. The van der Waals surface area contributed by atoms with Crippen molar-refractivity contribution in [2.75, 3.05) is 18.8 Å². The molecule has 6 heteroatoms. The topological polar surface area (TPSA) is 70.5 Å². The summed E-state index contributed by atoms with van der Waals surface area (Å²) in [6.45, 7) is 0.